The molecule has 0 aliphatic heterocycles. The summed E-state index contributed by atoms with van der Waals surface area (Å²) in [6.45, 7) is 0.334. The van der Waals surface area contributed by atoms with Gasteiger partial charge < -0.3 is 10.5 Å². The third-order valence-corrected chi connectivity index (χ3v) is 4.90. The van der Waals surface area contributed by atoms with E-state index in [9.17, 15) is 12.8 Å². The van der Waals surface area contributed by atoms with Crippen LogP contribution in [0.4, 0.5) is 10.1 Å². The van der Waals surface area contributed by atoms with Crippen LogP contribution in [0.5, 0.6) is 5.75 Å². The van der Waals surface area contributed by atoms with Crippen molar-refractivity contribution in [3.05, 3.63) is 30.1 Å². The molecule has 1 aliphatic carbocycles. The van der Waals surface area contributed by atoms with Gasteiger partial charge in [0.1, 0.15) is 0 Å². The first-order valence-corrected chi connectivity index (χ1v) is 8.20. The molecule has 3 N–H and O–H groups in total. The summed E-state index contributed by atoms with van der Waals surface area (Å²) in [6.07, 6.45) is 6.88. The van der Waals surface area contributed by atoms with Crippen molar-refractivity contribution in [2.24, 2.45) is 5.92 Å². The van der Waals surface area contributed by atoms with Gasteiger partial charge in [0, 0.05) is 6.54 Å². The van der Waals surface area contributed by atoms with E-state index in [0.717, 1.165) is 25.3 Å². The maximum Gasteiger partial charge on any atom is 0.240 e. The van der Waals surface area contributed by atoms with Crippen molar-refractivity contribution in [1.29, 1.82) is 0 Å². The van der Waals surface area contributed by atoms with Crippen molar-refractivity contribution in [1.82, 2.24) is 4.72 Å². The number of sulfonamides is 1. The molecule has 2 rings (SSSR count). The standard InChI is InChI=1S/C14H19FN2O3S/c1-20-14-12(15)7-11(8-13(14)16)21(18,19)17-9-10-5-3-2-4-6-10/h2-3,7-8,10,17H,4-6,9,16H2,1H3. The number of rotatable bonds is 5. The first kappa shape index (κ1) is 15.8. The Balaban J connectivity index is 2.14. The second-order valence-electron chi connectivity index (χ2n) is 5.03. The molecule has 0 heterocycles. The lowest BCUT2D eigenvalue weighted by Crippen LogP contribution is -2.30. The van der Waals surface area contributed by atoms with Crippen molar-refractivity contribution < 1.29 is 17.5 Å². The summed E-state index contributed by atoms with van der Waals surface area (Å²) in [5.74, 6) is -0.671. The van der Waals surface area contributed by atoms with Gasteiger partial charge in [-0.1, -0.05) is 12.2 Å². The highest BCUT2D eigenvalue weighted by Gasteiger charge is 2.20. The SMILES string of the molecule is COc1c(N)cc(S(=O)(=O)NCC2CC=CCC2)cc1F. The van der Waals surface area contributed by atoms with E-state index in [-0.39, 0.29) is 22.3 Å². The van der Waals surface area contributed by atoms with E-state index >= 15 is 0 Å². The Labute approximate surface area is 124 Å². The zero-order chi connectivity index (χ0) is 15.5. The molecule has 7 heteroatoms. The molecule has 0 radical (unpaired) electrons. The first-order valence-electron chi connectivity index (χ1n) is 6.71. The molecule has 116 valence electrons. The van der Waals surface area contributed by atoms with Crippen molar-refractivity contribution >= 4 is 15.7 Å². The number of nitrogens with two attached hydrogens (primary N) is 1. The molecule has 0 fully saturated rings. The largest absolute Gasteiger partial charge is 0.492 e. The third-order valence-electron chi connectivity index (χ3n) is 3.50. The molecular formula is C14H19FN2O3S. The lowest BCUT2D eigenvalue weighted by Gasteiger charge is -2.18. The zero-order valence-corrected chi connectivity index (χ0v) is 12.6. The summed E-state index contributed by atoms with van der Waals surface area (Å²) in [5, 5.41) is 0. The lowest BCUT2D eigenvalue weighted by molar-refractivity contribution is 0.388. The Morgan fingerprint density at radius 1 is 1.43 bits per heavy atom. The molecule has 0 saturated heterocycles. The Kier molecular flexibility index (Phi) is 4.84. The van der Waals surface area contributed by atoms with Crippen LogP contribution in [0.2, 0.25) is 0 Å². The molecule has 0 spiro atoms. The predicted octanol–water partition coefficient (Wildman–Crippen LogP) is 2.05. The van der Waals surface area contributed by atoms with Crippen LogP contribution in [0.3, 0.4) is 0 Å². The van der Waals surface area contributed by atoms with Gasteiger partial charge in [-0.05, 0) is 37.3 Å². The van der Waals surface area contributed by atoms with Gasteiger partial charge in [-0.3, -0.25) is 0 Å². The fraction of sp³-hybridized carbons (Fsp3) is 0.429. The van der Waals surface area contributed by atoms with E-state index in [1.807, 2.05) is 6.08 Å². The summed E-state index contributed by atoms with van der Waals surface area (Å²) in [4.78, 5) is -0.190. The number of benzene rings is 1. The highest BCUT2D eigenvalue weighted by Crippen LogP contribution is 2.28. The molecule has 1 aliphatic rings. The first-order chi connectivity index (χ1) is 9.94. The summed E-state index contributed by atoms with van der Waals surface area (Å²) in [7, 11) is -2.50. The highest BCUT2D eigenvalue weighted by atomic mass is 32.2. The second-order valence-corrected chi connectivity index (χ2v) is 6.80. The number of nitrogen functional groups attached to an aromatic ring is 1. The van der Waals surface area contributed by atoms with E-state index in [4.69, 9.17) is 10.5 Å². The normalized spacial score (nSPS) is 18.7. The molecule has 5 nitrogen and oxygen atoms in total. The number of hydrogen-bond acceptors (Lipinski definition) is 4. The predicted molar refractivity (Wildman–Crippen MR) is 79.0 cm³/mol. The number of allylic oxidation sites excluding steroid dienone is 2. The fourth-order valence-electron chi connectivity index (χ4n) is 2.31. The van der Waals surface area contributed by atoms with Crippen LogP contribution < -0.4 is 15.2 Å². The van der Waals surface area contributed by atoms with Gasteiger partial charge in [-0.15, -0.1) is 0 Å². The van der Waals surface area contributed by atoms with Gasteiger partial charge in [0.05, 0.1) is 17.7 Å². The van der Waals surface area contributed by atoms with E-state index in [2.05, 4.69) is 10.8 Å². The van der Waals surface area contributed by atoms with Gasteiger partial charge >= 0.3 is 0 Å². The van der Waals surface area contributed by atoms with Crippen LogP contribution in [0.1, 0.15) is 19.3 Å². The van der Waals surface area contributed by atoms with Gasteiger partial charge in [0.2, 0.25) is 10.0 Å². The van der Waals surface area contributed by atoms with Crippen molar-refractivity contribution in [2.75, 3.05) is 19.4 Å². The molecule has 1 unspecified atom stereocenters. The molecule has 1 atom stereocenters. The number of methoxy groups -OCH3 is 1. The minimum atomic E-state index is -3.78. The third kappa shape index (κ3) is 3.74. The maximum atomic E-state index is 13.7. The van der Waals surface area contributed by atoms with Crippen LogP contribution in [-0.4, -0.2) is 22.1 Å². The molecule has 0 saturated carbocycles. The van der Waals surface area contributed by atoms with Gasteiger partial charge in [0.15, 0.2) is 11.6 Å². The summed E-state index contributed by atoms with van der Waals surface area (Å²) in [5.41, 5.74) is 5.56. The quantitative estimate of drug-likeness (QED) is 0.644. The van der Waals surface area contributed by atoms with Crippen molar-refractivity contribution in [3.8, 4) is 5.75 Å². The van der Waals surface area contributed by atoms with Crippen LogP contribution in [0.15, 0.2) is 29.2 Å². The summed E-state index contributed by atoms with van der Waals surface area (Å²) >= 11 is 0. The minimum Gasteiger partial charge on any atom is -0.492 e. The molecule has 1 aromatic carbocycles. The average Bonchev–Trinajstić information content (AvgIpc) is 2.46. The number of nitrogens with one attached hydrogen (secondary N) is 1. The Morgan fingerprint density at radius 2 is 2.19 bits per heavy atom. The van der Waals surface area contributed by atoms with Crippen LogP contribution >= 0.6 is 0 Å². The van der Waals surface area contributed by atoms with E-state index in [1.165, 1.54) is 13.2 Å². The van der Waals surface area contributed by atoms with Crippen molar-refractivity contribution in [2.45, 2.75) is 24.2 Å². The maximum absolute atomic E-state index is 13.7. The minimum absolute atomic E-state index is 0.0431. The molecule has 1 aromatic rings. The zero-order valence-electron chi connectivity index (χ0n) is 11.8. The van der Waals surface area contributed by atoms with Gasteiger partial charge in [-0.2, -0.15) is 0 Å². The molecule has 0 amide bonds. The number of ether oxygens (including phenoxy) is 1. The number of halogens is 1. The van der Waals surface area contributed by atoms with E-state index in [1.54, 1.807) is 0 Å². The highest BCUT2D eigenvalue weighted by molar-refractivity contribution is 7.89. The molecular weight excluding hydrogens is 295 g/mol. The van der Waals surface area contributed by atoms with E-state index in [0.29, 0.717) is 6.54 Å². The number of hydrogen-bond donors (Lipinski definition) is 2. The van der Waals surface area contributed by atoms with Crippen LogP contribution in [-0.2, 0) is 10.0 Å². The van der Waals surface area contributed by atoms with Crippen LogP contribution in [0, 0.1) is 11.7 Å². The van der Waals surface area contributed by atoms with Crippen molar-refractivity contribution in [3.63, 3.8) is 0 Å². The average molecular weight is 314 g/mol. The fourth-order valence-corrected chi connectivity index (χ4v) is 3.47. The Morgan fingerprint density at radius 3 is 2.76 bits per heavy atom. The van der Waals surface area contributed by atoms with Crippen LogP contribution in [0.25, 0.3) is 0 Å². The molecule has 0 aromatic heterocycles. The number of anilines is 1. The monoisotopic (exact) mass is 314 g/mol. The molecule has 0 bridgehead atoms. The smallest absolute Gasteiger partial charge is 0.240 e. The Hall–Kier alpha value is -1.60. The lowest BCUT2D eigenvalue weighted by atomic mass is 9.95. The molecule has 21 heavy (non-hydrogen) atoms. The van der Waals surface area contributed by atoms with Gasteiger partial charge in [-0.25, -0.2) is 17.5 Å². The summed E-state index contributed by atoms with van der Waals surface area (Å²) in [6, 6.07) is 2.11. The van der Waals surface area contributed by atoms with Gasteiger partial charge in [0.25, 0.3) is 0 Å². The van der Waals surface area contributed by atoms with E-state index < -0.39 is 15.8 Å². The topological polar surface area (TPSA) is 81.4 Å². The Bertz CT molecular complexity index is 621. The summed E-state index contributed by atoms with van der Waals surface area (Å²) < 4.78 is 45.4. The second kappa shape index (κ2) is 6.44.